The zero-order valence-electron chi connectivity index (χ0n) is 10.1. The molecule has 1 aromatic rings. The molecule has 2 N–H and O–H groups in total. The Hall–Kier alpha value is -0.860. The highest BCUT2D eigenvalue weighted by molar-refractivity contribution is 5.23. The largest absolute Gasteiger partial charge is 0.388 e. The summed E-state index contributed by atoms with van der Waals surface area (Å²) in [7, 11) is 0. The van der Waals surface area contributed by atoms with Crippen LogP contribution in [0.2, 0.25) is 0 Å². The van der Waals surface area contributed by atoms with Crippen LogP contribution in [0.1, 0.15) is 44.7 Å². The third-order valence-electron chi connectivity index (χ3n) is 3.39. The first-order chi connectivity index (χ1) is 7.62. The van der Waals surface area contributed by atoms with Crippen molar-refractivity contribution >= 4 is 0 Å². The van der Waals surface area contributed by atoms with Gasteiger partial charge in [0.2, 0.25) is 0 Å². The molecular weight excluding hydrogens is 198 g/mol. The van der Waals surface area contributed by atoms with Crippen LogP contribution in [-0.4, -0.2) is 16.7 Å². The predicted molar refractivity (Wildman–Crippen MR) is 66.3 cm³/mol. The standard InChI is InChI=1S/C14H21NO/c1-11(2)15-13(14(16)9-6-10-14)12-7-4-3-5-8-12/h3-5,7-8,11,13,15-16H,6,9-10H2,1-2H3. The Labute approximate surface area is 97.7 Å². The van der Waals surface area contributed by atoms with Crippen molar-refractivity contribution < 1.29 is 5.11 Å². The van der Waals surface area contributed by atoms with E-state index in [1.165, 1.54) is 5.56 Å². The fourth-order valence-corrected chi connectivity index (χ4v) is 2.37. The van der Waals surface area contributed by atoms with Gasteiger partial charge >= 0.3 is 0 Å². The lowest BCUT2D eigenvalue weighted by molar-refractivity contribution is -0.0683. The van der Waals surface area contributed by atoms with Crippen molar-refractivity contribution in [3.63, 3.8) is 0 Å². The molecule has 1 aliphatic rings. The Kier molecular flexibility index (Phi) is 3.31. The first-order valence-corrected chi connectivity index (χ1v) is 6.15. The van der Waals surface area contributed by atoms with Gasteiger partial charge in [-0.3, -0.25) is 0 Å². The Morgan fingerprint density at radius 3 is 2.25 bits per heavy atom. The van der Waals surface area contributed by atoms with Crippen LogP contribution >= 0.6 is 0 Å². The van der Waals surface area contributed by atoms with Gasteiger partial charge in [0.1, 0.15) is 0 Å². The van der Waals surface area contributed by atoms with E-state index in [1.807, 2.05) is 18.2 Å². The van der Waals surface area contributed by atoms with Crippen molar-refractivity contribution in [1.82, 2.24) is 5.32 Å². The SMILES string of the molecule is CC(C)NC(c1ccccc1)C1(O)CCC1. The molecule has 2 heteroatoms. The summed E-state index contributed by atoms with van der Waals surface area (Å²) in [6.07, 6.45) is 2.96. The number of rotatable bonds is 4. The lowest BCUT2D eigenvalue weighted by Crippen LogP contribution is -2.50. The summed E-state index contributed by atoms with van der Waals surface area (Å²) in [4.78, 5) is 0. The van der Waals surface area contributed by atoms with Crippen LogP contribution in [0, 0.1) is 0 Å². The first kappa shape index (κ1) is 11.6. The Morgan fingerprint density at radius 2 is 1.81 bits per heavy atom. The molecular formula is C14H21NO. The quantitative estimate of drug-likeness (QED) is 0.816. The maximum atomic E-state index is 10.5. The van der Waals surface area contributed by atoms with Crippen molar-refractivity contribution in [3.05, 3.63) is 35.9 Å². The lowest BCUT2D eigenvalue weighted by atomic mass is 9.72. The van der Waals surface area contributed by atoms with Gasteiger partial charge in [0.05, 0.1) is 11.6 Å². The summed E-state index contributed by atoms with van der Waals surface area (Å²) in [6.45, 7) is 4.25. The molecule has 1 fully saturated rings. The van der Waals surface area contributed by atoms with Gasteiger partial charge in [-0.1, -0.05) is 44.2 Å². The highest BCUT2D eigenvalue weighted by Crippen LogP contribution is 2.42. The summed E-state index contributed by atoms with van der Waals surface area (Å²) in [6, 6.07) is 10.7. The van der Waals surface area contributed by atoms with E-state index in [0.717, 1.165) is 19.3 Å². The van der Waals surface area contributed by atoms with Crippen molar-refractivity contribution in [3.8, 4) is 0 Å². The minimum atomic E-state index is -0.536. The highest BCUT2D eigenvalue weighted by Gasteiger charge is 2.42. The molecule has 1 aromatic carbocycles. The predicted octanol–water partition coefficient (Wildman–Crippen LogP) is 2.64. The third kappa shape index (κ3) is 2.28. The van der Waals surface area contributed by atoms with Crippen LogP contribution in [0.25, 0.3) is 0 Å². The van der Waals surface area contributed by atoms with Crippen LogP contribution in [0.4, 0.5) is 0 Å². The summed E-state index contributed by atoms with van der Waals surface area (Å²) in [5.74, 6) is 0. The minimum Gasteiger partial charge on any atom is -0.388 e. The van der Waals surface area contributed by atoms with Crippen molar-refractivity contribution in [2.24, 2.45) is 0 Å². The van der Waals surface area contributed by atoms with E-state index in [2.05, 4.69) is 31.3 Å². The molecule has 0 aromatic heterocycles. The second-order valence-electron chi connectivity index (χ2n) is 5.12. The molecule has 0 saturated heterocycles. The molecule has 1 atom stereocenters. The van der Waals surface area contributed by atoms with Crippen LogP contribution in [-0.2, 0) is 0 Å². The zero-order valence-corrected chi connectivity index (χ0v) is 10.1. The van der Waals surface area contributed by atoms with Gasteiger partial charge in [-0.25, -0.2) is 0 Å². The summed E-state index contributed by atoms with van der Waals surface area (Å²) in [5.41, 5.74) is 0.657. The van der Waals surface area contributed by atoms with Crippen LogP contribution in [0.15, 0.2) is 30.3 Å². The van der Waals surface area contributed by atoms with E-state index in [-0.39, 0.29) is 6.04 Å². The zero-order chi connectivity index (χ0) is 11.6. The normalized spacial score (nSPS) is 20.5. The number of hydrogen-bond donors (Lipinski definition) is 2. The van der Waals surface area contributed by atoms with Gasteiger partial charge in [-0.2, -0.15) is 0 Å². The first-order valence-electron chi connectivity index (χ1n) is 6.15. The number of aliphatic hydroxyl groups is 1. The van der Waals surface area contributed by atoms with Crippen molar-refractivity contribution in [2.75, 3.05) is 0 Å². The molecule has 2 nitrogen and oxygen atoms in total. The molecule has 0 amide bonds. The van der Waals surface area contributed by atoms with Crippen LogP contribution in [0.5, 0.6) is 0 Å². The van der Waals surface area contributed by atoms with Gasteiger partial charge in [-0.05, 0) is 24.8 Å². The summed E-state index contributed by atoms with van der Waals surface area (Å²) >= 11 is 0. The summed E-state index contributed by atoms with van der Waals surface area (Å²) < 4.78 is 0. The average molecular weight is 219 g/mol. The Balaban J connectivity index is 2.21. The Morgan fingerprint density at radius 1 is 1.19 bits per heavy atom. The molecule has 0 radical (unpaired) electrons. The Bertz CT molecular complexity index is 330. The van der Waals surface area contributed by atoms with Gasteiger partial charge in [0.15, 0.2) is 0 Å². The van der Waals surface area contributed by atoms with E-state index in [4.69, 9.17) is 0 Å². The number of nitrogens with one attached hydrogen (secondary N) is 1. The maximum Gasteiger partial charge on any atom is 0.0841 e. The smallest absolute Gasteiger partial charge is 0.0841 e. The molecule has 0 aliphatic heterocycles. The molecule has 0 heterocycles. The van der Waals surface area contributed by atoms with E-state index >= 15 is 0 Å². The fraction of sp³-hybridized carbons (Fsp3) is 0.571. The molecule has 0 spiro atoms. The van der Waals surface area contributed by atoms with Gasteiger partial charge in [0, 0.05) is 6.04 Å². The second kappa shape index (κ2) is 4.56. The van der Waals surface area contributed by atoms with Crippen molar-refractivity contribution in [2.45, 2.75) is 50.8 Å². The van der Waals surface area contributed by atoms with E-state index < -0.39 is 5.60 Å². The molecule has 1 saturated carbocycles. The van der Waals surface area contributed by atoms with E-state index in [0.29, 0.717) is 6.04 Å². The average Bonchev–Trinajstić information content (AvgIpc) is 2.24. The molecule has 16 heavy (non-hydrogen) atoms. The van der Waals surface area contributed by atoms with Gasteiger partial charge in [0.25, 0.3) is 0 Å². The monoisotopic (exact) mass is 219 g/mol. The molecule has 88 valence electrons. The van der Waals surface area contributed by atoms with E-state index in [1.54, 1.807) is 0 Å². The highest BCUT2D eigenvalue weighted by atomic mass is 16.3. The molecule has 1 unspecified atom stereocenters. The van der Waals surface area contributed by atoms with Gasteiger partial charge < -0.3 is 10.4 Å². The topological polar surface area (TPSA) is 32.3 Å². The number of benzene rings is 1. The third-order valence-corrected chi connectivity index (χ3v) is 3.39. The minimum absolute atomic E-state index is 0.0717. The maximum absolute atomic E-state index is 10.5. The second-order valence-corrected chi connectivity index (χ2v) is 5.12. The van der Waals surface area contributed by atoms with Crippen LogP contribution in [0.3, 0.4) is 0 Å². The number of hydrogen-bond acceptors (Lipinski definition) is 2. The molecule has 0 bridgehead atoms. The van der Waals surface area contributed by atoms with E-state index in [9.17, 15) is 5.11 Å². The molecule has 1 aliphatic carbocycles. The van der Waals surface area contributed by atoms with Crippen LogP contribution < -0.4 is 5.32 Å². The lowest BCUT2D eigenvalue weighted by Gasteiger charge is -2.44. The fourth-order valence-electron chi connectivity index (χ4n) is 2.37. The van der Waals surface area contributed by atoms with Gasteiger partial charge in [-0.15, -0.1) is 0 Å². The summed E-state index contributed by atoms with van der Waals surface area (Å²) in [5, 5.41) is 14.0. The van der Waals surface area contributed by atoms with Crippen molar-refractivity contribution in [1.29, 1.82) is 0 Å². The molecule has 2 rings (SSSR count).